The van der Waals surface area contributed by atoms with E-state index in [-0.39, 0.29) is 17.4 Å². The van der Waals surface area contributed by atoms with Gasteiger partial charge in [-0.1, -0.05) is 12.1 Å². The van der Waals surface area contributed by atoms with Gasteiger partial charge in [-0.05, 0) is 86.5 Å². The summed E-state index contributed by atoms with van der Waals surface area (Å²) in [4.78, 5) is 28.2. The third-order valence-corrected chi connectivity index (χ3v) is 6.01. The second kappa shape index (κ2) is 10.2. The third kappa shape index (κ3) is 4.64. The molecule has 36 heavy (non-hydrogen) atoms. The van der Waals surface area contributed by atoms with Gasteiger partial charge in [-0.25, -0.2) is 0 Å². The first-order valence-corrected chi connectivity index (χ1v) is 11.6. The van der Waals surface area contributed by atoms with Gasteiger partial charge in [-0.2, -0.15) is 0 Å². The molecule has 0 bridgehead atoms. The molecule has 1 amide bonds. The Bertz CT molecular complexity index is 1330. The summed E-state index contributed by atoms with van der Waals surface area (Å²) in [5, 5.41) is 11.4. The predicted molar refractivity (Wildman–Crippen MR) is 138 cm³/mol. The number of hydrogen-bond donors (Lipinski definition) is 1. The molecule has 0 radical (unpaired) electrons. The molecule has 3 aromatic carbocycles. The standard InChI is InChI=1S/C29H29NO6/c1-17(2)36-23-8-6-7-19(16-23)26-25(27(31)20-9-14-24(35-5)18(3)15-20)28(32)29(33)30(26)21-10-12-22(34-4)13-11-21/h6-17,26,31H,1-5H3/b27-25+. The minimum Gasteiger partial charge on any atom is -0.507 e. The minimum absolute atomic E-state index is 0.00193. The van der Waals surface area contributed by atoms with E-state index < -0.39 is 17.7 Å². The molecule has 0 spiro atoms. The highest BCUT2D eigenvalue weighted by molar-refractivity contribution is 6.51. The lowest BCUT2D eigenvalue weighted by molar-refractivity contribution is -0.132. The van der Waals surface area contributed by atoms with Crippen LogP contribution in [0.2, 0.25) is 0 Å². The first kappa shape index (κ1) is 24.9. The van der Waals surface area contributed by atoms with Crippen molar-refractivity contribution in [2.24, 2.45) is 0 Å². The molecule has 7 heteroatoms. The highest BCUT2D eigenvalue weighted by Crippen LogP contribution is 2.43. The number of anilines is 1. The summed E-state index contributed by atoms with van der Waals surface area (Å²) in [7, 11) is 3.12. The fourth-order valence-electron chi connectivity index (χ4n) is 4.37. The van der Waals surface area contributed by atoms with Gasteiger partial charge in [0.15, 0.2) is 0 Å². The van der Waals surface area contributed by atoms with E-state index in [9.17, 15) is 14.7 Å². The van der Waals surface area contributed by atoms with Gasteiger partial charge < -0.3 is 19.3 Å². The van der Waals surface area contributed by atoms with Gasteiger partial charge in [0.25, 0.3) is 11.7 Å². The van der Waals surface area contributed by atoms with Crippen molar-refractivity contribution in [3.05, 3.63) is 89.0 Å². The molecule has 7 nitrogen and oxygen atoms in total. The number of ether oxygens (including phenoxy) is 3. The van der Waals surface area contributed by atoms with Crippen molar-refractivity contribution in [2.75, 3.05) is 19.1 Å². The molecular weight excluding hydrogens is 458 g/mol. The van der Waals surface area contributed by atoms with Gasteiger partial charge in [0.05, 0.1) is 31.9 Å². The van der Waals surface area contributed by atoms with Crippen molar-refractivity contribution < 1.29 is 28.9 Å². The zero-order chi connectivity index (χ0) is 26.0. The Hall–Kier alpha value is -4.26. The molecule has 1 fully saturated rings. The average Bonchev–Trinajstić information content (AvgIpc) is 3.13. The van der Waals surface area contributed by atoms with Gasteiger partial charge >= 0.3 is 0 Å². The van der Waals surface area contributed by atoms with Crippen LogP contribution in [0.1, 0.15) is 36.6 Å². The summed E-state index contributed by atoms with van der Waals surface area (Å²) < 4.78 is 16.4. The van der Waals surface area contributed by atoms with Crippen LogP contribution in [0, 0.1) is 6.92 Å². The summed E-state index contributed by atoms with van der Waals surface area (Å²) in [6.45, 7) is 5.68. The SMILES string of the molecule is COc1ccc(N2C(=O)C(=O)/C(=C(/O)c3ccc(OC)c(C)c3)C2c2cccc(OC(C)C)c2)cc1. The molecule has 3 aromatic rings. The molecule has 1 atom stereocenters. The Kier molecular flexibility index (Phi) is 7.01. The van der Waals surface area contributed by atoms with Crippen molar-refractivity contribution in [1.82, 2.24) is 0 Å². The third-order valence-electron chi connectivity index (χ3n) is 6.01. The molecular formula is C29H29NO6. The van der Waals surface area contributed by atoms with E-state index in [0.717, 1.165) is 5.56 Å². The first-order chi connectivity index (χ1) is 17.2. The lowest BCUT2D eigenvalue weighted by Gasteiger charge is -2.26. The lowest BCUT2D eigenvalue weighted by atomic mass is 9.94. The Morgan fingerprint density at radius 1 is 0.917 bits per heavy atom. The average molecular weight is 488 g/mol. The summed E-state index contributed by atoms with van der Waals surface area (Å²) in [5.41, 5.74) is 2.34. The van der Waals surface area contributed by atoms with Crippen LogP contribution in [-0.4, -0.2) is 37.1 Å². The number of hydrogen-bond acceptors (Lipinski definition) is 6. The summed E-state index contributed by atoms with van der Waals surface area (Å²) >= 11 is 0. The Morgan fingerprint density at radius 3 is 2.25 bits per heavy atom. The number of aliphatic hydroxyl groups is 1. The number of rotatable bonds is 7. The minimum atomic E-state index is -0.864. The molecule has 4 rings (SSSR count). The van der Waals surface area contributed by atoms with E-state index in [0.29, 0.717) is 34.1 Å². The molecule has 0 aliphatic carbocycles. The Labute approximate surface area is 210 Å². The second-order valence-corrected chi connectivity index (χ2v) is 8.79. The van der Waals surface area contributed by atoms with Crippen molar-refractivity contribution >= 4 is 23.1 Å². The number of benzene rings is 3. The maximum absolute atomic E-state index is 13.4. The van der Waals surface area contributed by atoms with Crippen molar-refractivity contribution in [2.45, 2.75) is 32.9 Å². The predicted octanol–water partition coefficient (Wildman–Crippen LogP) is 5.43. The fourth-order valence-corrected chi connectivity index (χ4v) is 4.37. The highest BCUT2D eigenvalue weighted by atomic mass is 16.5. The van der Waals surface area contributed by atoms with Crippen LogP contribution >= 0.6 is 0 Å². The van der Waals surface area contributed by atoms with E-state index in [4.69, 9.17) is 14.2 Å². The van der Waals surface area contributed by atoms with Gasteiger partial charge in [-0.15, -0.1) is 0 Å². The first-order valence-electron chi connectivity index (χ1n) is 11.6. The summed E-state index contributed by atoms with van der Waals surface area (Å²) in [6, 6.07) is 18.3. The lowest BCUT2D eigenvalue weighted by Crippen LogP contribution is -2.29. The highest BCUT2D eigenvalue weighted by Gasteiger charge is 2.47. The largest absolute Gasteiger partial charge is 0.507 e. The Morgan fingerprint density at radius 2 is 1.64 bits per heavy atom. The number of aliphatic hydroxyl groups excluding tert-OH is 1. The summed E-state index contributed by atoms with van der Waals surface area (Å²) in [5.74, 6) is 0.121. The number of Topliss-reactive ketones (excluding diaryl/α,β-unsaturated/α-hetero) is 1. The van der Waals surface area contributed by atoms with Crippen LogP contribution in [0.5, 0.6) is 17.2 Å². The smallest absolute Gasteiger partial charge is 0.300 e. The molecule has 186 valence electrons. The molecule has 1 N–H and O–H groups in total. The maximum Gasteiger partial charge on any atom is 0.300 e. The van der Waals surface area contributed by atoms with Gasteiger partial charge in [0.2, 0.25) is 0 Å². The van der Waals surface area contributed by atoms with Crippen molar-refractivity contribution in [3.8, 4) is 17.2 Å². The maximum atomic E-state index is 13.4. The van der Waals surface area contributed by atoms with Gasteiger partial charge in [0, 0.05) is 11.3 Å². The number of carbonyl (C=O) groups excluding carboxylic acids is 2. The van der Waals surface area contributed by atoms with Gasteiger partial charge in [-0.3, -0.25) is 14.5 Å². The monoisotopic (exact) mass is 487 g/mol. The number of methoxy groups -OCH3 is 2. The van der Waals surface area contributed by atoms with Crippen LogP contribution in [-0.2, 0) is 9.59 Å². The number of carbonyl (C=O) groups is 2. The molecule has 0 aromatic heterocycles. The molecule has 1 aliphatic rings. The number of ketones is 1. The van der Waals surface area contributed by atoms with E-state index in [2.05, 4.69) is 0 Å². The van der Waals surface area contributed by atoms with Crippen LogP contribution in [0.25, 0.3) is 5.76 Å². The van der Waals surface area contributed by atoms with E-state index in [1.165, 1.54) is 4.90 Å². The quantitative estimate of drug-likeness (QED) is 0.272. The molecule has 1 saturated heterocycles. The van der Waals surface area contributed by atoms with E-state index >= 15 is 0 Å². The topological polar surface area (TPSA) is 85.3 Å². The summed E-state index contributed by atoms with van der Waals surface area (Å²) in [6.07, 6.45) is -0.0597. The molecule has 1 aliphatic heterocycles. The molecule has 1 heterocycles. The zero-order valence-corrected chi connectivity index (χ0v) is 20.9. The molecule has 0 saturated carbocycles. The second-order valence-electron chi connectivity index (χ2n) is 8.79. The number of amides is 1. The molecule has 1 unspecified atom stereocenters. The van der Waals surface area contributed by atoms with Crippen LogP contribution in [0.4, 0.5) is 5.69 Å². The van der Waals surface area contributed by atoms with Gasteiger partial charge in [0.1, 0.15) is 23.0 Å². The number of aryl methyl sites for hydroxylation is 1. The van der Waals surface area contributed by atoms with Crippen molar-refractivity contribution in [3.63, 3.8) is 0 Å². The number of nitrogens with zero attached hydrogens (tertiary/aromatic N) is 1. The van der Waals surface area contributed by atoms with E-state index in [1.807, 2.05) is 32.9 Å². The zero-order valence-electron chi connectivity index (χ0n) is 20.9. The van der Waals surface area contributed by atoms with Crippen LogP contribution in [0.15, 0.2) is 72.3 Å². The van der Waals surface area contributed by atoms with Crippen LogP contribution in [0.3, 0.4) is 0 Å². The van der Waals surface area contributed by atoms with Crippen LogP contribution < -0.4 is 19.1 Å². The normalized spacial score (nSPS) is 16.9. The van der Waals surface area contributed by atoms with Crippen molar-refractivity contribution in [1.29, 1.82) is 0 Å². The van der Waals surface area contributed by atoms with E-state index in [1.54, 1.807) is 68.8 Å². The fraction of sp³-hybridized carbons (Fsp3) is 0.241. The Balaban J connectivity index is 1.92.